The fourth-order valence-electron chi connectivity index (χ4n) is 1.85. The van der Waals surface area contributed by atoms with Crippen LogP contribution in [0.4, 0.5) is 0 Å². The summed E-state index contributed by atoms with van der Waals surface area (Å²) in [5, 5.41) is 18.1. The molecule has 1 aromatic carbocycles. The number of benzene rings is 1. The van der Waals surface area contributed by atoms with E-state index in [0.29, 0.717) is 0 Å². The Hall–Kier alpha value is -1.97. The lowest BCUT2D eigenvalue weighted by Crippen LogP contribution is -2.44. The Labute approximate surface area is 137 Å². The van der Waals surface area contributed by atoms with Gasteiger partial charge in [0.15, 0.2) is 5.75 Å². The SMILES string of the molecule is COc1c(Cl)ccc(Cl)c1C(=O)N(CCC#N)C(C)C(=O)O. The minimum absolute atomic E-state index is 0.0101. The molecule has 0 aliphatic rings. The number of rotatable bonds is 6. The van der Waals surface area contributed by atoms with Crippen LogP contribution in [0.3, 0.4) is 0 Å². The first-order chi connectivity index (χ1) is 10.3. The Kier molecular flexibility index (Phi) is 6.47. The van der Waals surface area contributed by atoms with E-state index in [1.165, 1.54) is 26.2 Å². The van der Waals surface area contributed by atoms with Crippen molar-refractivity contribution in [3.63, 3.8) is 0 Å². The Bertz CT molecular complexity index is 628. The molecule has 6 nitrogen and oxygen atoms in total. The molecule has 1 N–H and O–H groups in total. The van der Waals surface area contributed by atoms with Crippen molar-refractivity contribution in [2.45, 2.75) is 19.4 Å². The van der Waals surface area contributed by atoms with Gasteiger partial charge in [0, 0.05) is 6.54 Å². The van der Waals surface area contributed by atoms with Gasteiger partial charge in [0.2, 0.25) is 0 Å². The molecule has 1 unspecified atom stereocenters. The molecule has 1 rings (SSSR count). The Morgan fingerprint density at radius 1 is 1.41 bits per heavy atom. The van der Waals surface area contributed by atoms with Crippen LogP contribution in [0.25, 0.3) is 0 Å². The van der Waals surface area contributed by atoms with Crippen molar-refractivity contribution in [2.75, 3.05) is 13.7 Å². The normalized spacial score (nSPS) is 11.4. The van der Waals surface area contributed by atoms with Gasteiger partial charge in [-0.2, -0.15) is 5.26 Å². The lowest BCUT2D eigenvalue weighted by Gasteiger charge is -2.27. The van der Waals surface area contributed by atoms with Crippen LogP contribution >= 0.6 is 23.2 Å². The number of amides is 1. The van der Waals surface area contributed by atoms with Crippen molar-refractivity contribution in [2.24, 2.45) is 0 Å². The molecule has 0 fully saturated rings. The van der Waals surface area contributed by atoms with Crippen molar-refractivity contribution in [3.8, 4) is 11.8 Å². The standard InChI is InChI=1S/C14H14Cl2N2O4/c1-8(14(20)21)18(7-3-6-17)13(19)11-9(15)4-5-10(16)12(11)22-2/h4-5,8H,3,7H2,1-2H3,(H,20,21). The van der Waals surface area contributed by atoms with E-state index in [1.807, 2.05) is 6.07 Å². The molecule has 0 bridgehead atoms. The van der Waals surface area contributed by atoms with Crippen LogP contribution in [0, 0.1) is 11.3 Å². The van der Waals surface area contributed by atoms with E-state index in [4.69, 9.17) is 38.3 Å². The summed E-state index contributed by atoms with van der Waals surface area (Å²) in [7, 11) is 1.33. The lowest BCUT2D eigenvalue weighted by molar-refractivity contribution is -0.141. The fourth-order valence-corrected chi connectivity index (χ4v) is 2.31. The second kappa shape index (κ2) is 7.87. The number of hydrogen-bond acceptors (Lipinski definition) is 4. The number of carboxylic acids is 1. The number of carbonyl (C=O) groups is 2. The summed E-state index contributed by atoms with van der Waals surface area (Å²) >= 11 is 12.0. The summed E-state index contributed by atoms with van der Waals surface area (Å²) in [5.41, 5.74) is -0.0253. The van der Waals surface area contributed by atoms with Gasteiger partial charge in [-0.15, -0.1) is 0 Å². The number of methoxy groups -OCH3 is 1. The summed E-state index contributed by atoms with van der Waals surface area (Å²) in [4.78, 5) is 24.9. The number of halogens is 2. The van der Waals surface area contributed by atoms with Gasteiger partial charge in [-0.05, 0) is 19.1 Å². The molecule has 1 amide bonds. The maximum Gasteiger partial charge on any atom is 0.326 e. The van der Waals surface area contributed by atoms with Gasteiger partial charge < -0.3 is 14.7 Å². The number of carboxylic acid groups (broad SMARTS) is 1. The summed E-state index contributed by atoms with van der Waals surface area (Å²) in [6, 6.07) is 3.65. The van der Waals surface area contributed by atoms with Crippen molar-refractivity contribution in [3.05, 3.63) is 27.7 Å². The zero-order valence-corrected chi connectivity index (χ0v) is 13.5. The number of hydrogen-bond donors (Lipinski definition) is 1. The second-order valence-electron chi connectivity index (χ2n) is 4.36. The lowest BCUT2D eigenvalue weighted by atomic mass is 10.1. The van der Waals surface area contributed by atoms with E-state index in [9.17, 15) is 9.59 Å². The monoisotopic (exact) mass is 344 g/mol. The Morgan fingerprint density at radius 2 is 2.00 bits per heavy atom. The zero-order valence-electron chi connectivity index (χ0n) is 12.0. The number of ether oxygens (including phenoxy) is 1. The summed E-state index contributed by atoms with van der Waals surface area (Å²) in [6.07, 6.45) is -0.0101. The molecular formula is C14H14Cl2N2O4. The van der Waals surface area contributed by atoms with Gasteiger partial charge >= 0.3 is 5.97 Å². The van der Waals surface area contributed by atoms with Gasteiger partial charge in [0.1, 0.15) is 11.6 Å². The molecule has 22 heavy (non-hydrogen) atoms. The van der Waals surface area contributed by atoms with E-state index in [1.54, 1.807) is 0 Å². The quantitative estimate of drug-likeness (QED) is 0.856. The highest BCUT2D eigenvalue weighted by Gasteiger charge is 2.30. The van der Waals surface area contributed by atoms with E-state index < -0.39 is 17.9 Å². The molecule has 0 spiro atoms. The minimum Gasteiger partial charge on any atom is -0.494 e. The van der Waals surface area contributed by atoms with E-state index >= 15 is 0 Å². The van der Waals surface area contributed by atoms with Gasteiger partial charge in [0.05, 0.1) is 29.6 Å². The van der Waals surface area contributed by atoms with Gasteiger partial charge in [-0.3, -0.25) is 4.79 Å². The van der Waals surface area contributed by atoms with Crippen LogP contribution in [0.2, 0.25) is 10.0 Å². The Balaban J connectivity index is 3.33. The molecule has 0 aliphatic carbocycles. The van der Waals surface area contributed by atoms with Crippen LogP contribution in [0.5, 0.6) is 5.75 Å². The molecule has 8 heteroatoms. The molecule has 1 aromatic rings. The average Bonchev–Trinajstić information content (AvgIpc) is 2.48. The van der Waals surface area contributed by atoms with Gasteiger partial charge in [-0.1, -0.05) is 23.2 Å². The third-order valence-electron chi connectivity index (χ3n) is 3.03. The predicted octanol–water partition coefficient (Wildman–Crippen LogP) is 2.83. The topological polar surface area (TPSA) is 90.6 Å². The van der Waals surface area contributed by atoms with Crippen LogP contribution in [-0.2, 0) is 4.79 Å². The summed E-state index contributed by atoms with van der Waals surface area (Å²) in [6.45, 7) is 1.30. The van der Waals surface area contributed by atoms with Gasteiger partial charge in [-0.25, -0.2) is 4.79 Å². The van der Waals surface area contributed by atoms with Crippen LogP contribution in [-0.4, -0.2) is 41.6 Å². The van der Waals surface area contributed by atoms with Crippen LogP contribution in [0.1, 0.15) is 23.7 Å². The van der Waals surface area contributed by atoms with E-state index in [0.717, 1.165) is 4.90 Å². The molecule has 0 heterocycles. The first-order valence-electron chi connectivity index (χ1n) is 6.27. The number of carbonyl (C=O) groups excluding carboxylic acids is 1. The summed E-state index contributed by atoms with van der Waals surface area (Å²) < 4.78 is 5.10. The molecule has 0 aliphatic heterocycles. The number of nitrogens with zero attached hydrogens (tertiary/aromatic N) is 2. The highest BCUT2D eigenvalue weighted by molar-refractivity contribution is 6.37. The van der Waals surface area contributed by atoms with Crippen molar-refractivity contribution in [1.29, 1.82) is 5.26 Å². The number of aliphatic carboxylic acids is 1. The first-order valence-corrected chi connectivity index (χ1v) is 7.03. The maximum absolute atomic E-state index is 12.7. The second-order valence-corrected chi connectivity index (χ2v) is 5.17. The largest absolute Gasteiger partial charge is 0.494 e. The molecular weight excluding hydrogens is 331 g/mol. The van der Waals surface area contributed by atoms with Gasteiger partial charge in [0.25, 0.3) is 5.91 Å². The molecule has 0 aromatic heterocycles. The highest BCUT2D eigenvalue weighted by atomic mass is 35.5. The van der Waals surface area contributed by atoms with E-state index in [-0.39, 0.29) is 34.3 Å². The van der Waals surface area contributed by atoms with E-state index in [2.05, 4.69) is 0 Å². The highest BCUT2D eigenvalue weighted by Crippen LogP contribution is 2.35. The van der Waals surface area contributed by atoms with Crippen LogP contribution < -0.4 is 4.74 Å². The third kappa shape index (κ3) is 3.81. The molecule has 118 valence electrons. The molecule has 0 radical (unpaired) electrons. The minimum atomic E-state index is -1.19. The molecule has 0 saturated carbocycles. The van der Waals surface area contributed by atoms with Crippen molar-refractivity contribution < 1.29 is 19.4 Å². The fraction of sp³-hybridized carbons (Fsp3) is 0.357. The van der Waals surface area contributed by atoms with Crippen LogP contribution in [0.15, 0.2) is 12.1 Å². The Morgan fingerprint density at radius 3 is 2.50 bits per heavy atom. The van der Waals surface area contributed by atoms with Crippen molar-refractivity contribution >= 4 is 35.1 Å². The summed E-state index contributed by atoms with van der Waals surface area (Å²) in [5.74, 6) is -1.78. The first kappa shape index (κ1) is 18.1. The number of nitriles is 1. The zero-order chi connectivity index (χ0) is 16.9. The molecule has 1 atom stereocenters. The average molecular weight is 345 g/mol. The smallest absolute Gasteiger partial charge is 0.326 e. The van der Waals surface area contributed by atoms with Crippen molar-refractivity contribution in [1.82, 2.24) is 4.90 Å². The maximum atomic E-state index is 12.7. The third-order valence-corrected chi connectivity index (χ3v) is 3.64. The predicted molar refractivity (Wildman–Crippen MR) is 81.4 cm³/mol. The molecule has 0 saturated heterocycles.